The Hall–Kier alpha value is -1.09. The van der Waals surface area contributed by atoms with Gasteiger partial charge in [0.05, 0.1) is 16.6 Å². The van der Waals surface area contributed by atoms with Crippen molar-refractivity contribution in [3.8, 4) is 0 Å². The summed E-state index contributed by atoms with van der Waals surface area (Å²) < 4.78 is 44.3. The summed E-state index contributed by atoms with van der Waals surface area (Å²) in [5, 5.41) is 6.02. The van der Waals surface area contributed by atoms with Crippen molar-refractivity contribution in [3.05, 3.63) is 15.9 Å². The summed E-state index contributed by atoms with van der Waals surface area (Å²) in [6.07, 6.45) is -2.99. The second-order valence-electron chi connectivity index (χ2n) is 4.95. The number of nitrogens with one attached hydrogen (secondary N) is 1. The maximum Gasteiger partial charge on any atom is 0.436 e. The van der Waals surface area contributed by atoms with Crippen molar-refractivity contribution < 1.29 is 22.7 Å². The van der Waals surface area contributed by atoms with Crippen LogP contribution in [0.5, 0.6) is 0 Å². The van der Waals surface area contributed by atoms with E-state index < -0.39 is 17.8 Å². The zero-order valence-corrected chi connectivity index (χ0v) is 13.1. The third-order valence-electron chi connectivity index (χ3n) is 3.35. The monoisotopic (exact) mass is 369 g/mol. The molecular weight excluding hydrogens is 355 g/mol. The molecule has 1 saturated heterocycles. The van der Waals surface area contributed by atoms with E-state index in [4.69, 9.17) is 4.74 Å². The first kappa shape index (κ1) is 16.3. The molecule has 2 rings (SSSR count). The number of halogens is 4. The van der Waals surface area contributed by atoms with E-state index in [-0.39, 0.29) is 22.3 Å². The number of carbonyl (C=O) groups excluding carboxylic acids is 1. The van der Waals surface area contributed by atoms with Gasteiger partial charge in [0.15, 0.2) is 5.69 Å². The predicted molar refractivity (Wildman–Crippen MR) is 71.8 cm³/mol. The van der Waals surface area contributed by atoms with Gasteiger partial charge in [-0.3, -0.25) is 9.48 Å². The van der Waals surface area contributed by atoms with E-state index in [2.05, 4.69) is 26.3 Å². The zero-order chi connectivity index (χ0) is 15.8. The van der Waals surface area contributed by atoms with Crippen LogP contribution in [0.15, 0.2) is 4.47 Å². The zero-order valence-electron chi connectivity index (χ0n) is 11.5. The van der Waals surface area contributed by atoms with Gasteiger partial charge < -0.3 is 10.1 Å². The van der Waals surface area contributed by atoms with Crippen LogP contribution in [-0.4, -0.2) is 34.4 Å². The summed E-state index contributed by atoms with van der Waals surface area (Å²) in [7, 11) is 1.30. The first-order chi connectivity index (χ1) is 9.71. The Labute approximate surface area is 128 Å². The average molecular weight is 370 g/mol. The number of hydrogen-bond donors (Lipinski definition) is 1. The van der Waals surface area contributed by atoms with Crippen molar-refractivity contribution >= 4 is 21.8 Å². The van der Waals surface area contributed by atoms with E-state index in [0.29, 0.717) is 6.61 Å². The Morgan fingerprint density at radius 3 is 2.71 bits per heavy atom. The van der Waals surface area contributed by atoms with Gasteiger partial charge in [-0.05, 0) is 35.7 Å². The lowest BCUT2D eigenvalue weighted by Gasteiger charge is -2.20. The molecule has 1 fully saturated rings. The standard InChI is InChI=1S/C12H15BrF3N3O2/c1-6(7-4-3-5-21-7)17-11(20)9-8(13)10(12(14,15)16)18-19(9)2/h6-7H,3-5H2,1-2H3,(H,17,20). The van der Waals surface area contributed by atoms with Gasteiger partial charge in [0.1, 0.15) is 5.69 Å². The average Bonchev–Trinajstić information content (AvgIpc) is 2.96. The number of rotatable bonds is 3. The quantitative estimate of drug-likeness (QED) is 0.890. The van der Waals surface area contributed by atoms with Gasteiger partial charge in [0.25, 0.3) is 5.91 Å². The molecule has 1 amide bonds. The smallest absolute Gasteiger partial charge is 0.376 e. The van der Waals surface area contributed by atoms with E-state index >= 15 is 0 Å². The molecule has 1 aromatic heterocycles. The van der Waals surface area contributed by atoms with Gasteiger partial charge >= 0.3 is 6.18 Å². The highest BCUT2D eigenvalue weighted by molar-refractivity contribution is 9.10. The molecule has 118 valence electrons. The molecule has 0 radical (unpaired) electrons. The van der Waals surface area contributed by atoms with E-state index in [1.807, 2.05) is 0 Å². The van der Waals surface area contributed by atoms with Gasteiger partial charge in [-0.15, -0.1) is 0 Å². The van der Waals surface area contributed by atoms with Crippen molar-refractivity contribution in [1.82, 2.24) is 15.1 Å². The maximum atomic E-state index is 12.8. The minimum Gasteiger partial charge on any atom is -0.376 e. The molecule has 2 unspecified atom stereocenters. The topological polar surface area (TPSA) is 56.2 Å². The predicted octanol–water partition coefficient (Wildman–Crippen LogP) is 2.50. The summed E-state index contributed by atoms with van der Waals surface area (Å²) in [6.45, 7) is 2.40. The molecule has 0 spiro atoms. The van der Waals surface area contributed by atoms with Gasteiger partial charge in [0, 0.05) is 13.7 Å². The summed E-state index contributed by atoms with van der Waals surface area (Å²) in [4.78, 5) is 12.2. The van der Waals surface area contributed by atoms with Gasteiger partial charge in [-0.25, -0.2) is 0 Å². The van der Waals surface area contributed by atoms with E-state index in [1.165, 1.54) is 7.05 Å². The van der Waals surface area contributed by atoms with Crippen LogP contribution in [-0.2, 0) is 18.0 Å². The first-order valence-corrected chi connectivity index (χ1v) is 7.23. The van der Waals surface area contributed by atoms with Crippen molar-refractivity contribution in [2.45, 2.75) is 38.1 Å². The number of nitrogens with zero attached hydrogens (tertiary/aromatic N) is 2. The Balaban J connectivity index is 2.17. The van der Waals surface area contributed by atoms with Crippen LogP contribution in [0.4, 0.5) is 13.2 Å². The van der Waals surface area contributed by atoms with E-state index in [0.717, 1.165) is 17.5 Å². The lowest BCUT2D eigenvalue weighted by Crippen LogP contribution is -2.41. The highest BCUT2D eigenvalue weighted by Gasteiger charge is 2.39. The lowest BCUT2D eigenvalue weighted by molar-refractivity contribution is -0.142. The number of alkyl halides is 3. The van der Waals surface area contributed by atoms with Gasteiger partial charge in [-0.1, -0.05) is 0 Å². The van der Waals surface area contributed by atoms with E-state index in [9.17, 15) is 18.0 Å². The molecule has 0 aliphatic carbocycles. The van der Waals surface area contributed by atoms with Crippen LogP contribution in [0.2, 0.25) is 0 Å². The fourth-order valence-electron chi connectivity index (χ4n) is 2.29. The van der Waals surface area contributed by atoms with Gasteiger partial charge in [0.2, 0.25) is 0 Å². The van der Waals surface area contributed by atoms with E-state index in [1.54, 1.807) is 6.92 Å². The fraction of sp³-hybridized carbons (Fsp3) is 0.667. The third kappa shape index (κ3) is 3.39. The number of carbonyl (C=O) groups is 1. The molecular formula is C12H15BrF3N3O2. The summed E-state index contributed by atoms with van der Waals surface area (Å²) >= 11 is 2.82. The Morgan fingerprint density at radius 1 is 1.57 bits per heavy atom. The minimum absolute atomic E-state index is 0.108. The highest BCUT2D eigenvalue weighted by atomic mass is 79.9. The molecule has 21 heavy (non-hydrogen) atoms. The molecule has 1 aliphatic heterocycles. The van der Waals surface area contributed by atoms with Crippen molar-refractivity contribution in [1.29, 1.82) is 0 Å². The maximum absolute atomic E-state index is 12.8. The van der Waals surface area contributed by atoms with Crippen LogP contribution < -0.4 is 5.32 Å². The van der Waals surface area contributed by atoms with Crippen LogP contribution in [0.1, 0.15) is 35.9 Å². The summed E-state index contributed by atoms with van der Waals surface area (Å²) in [5.41, 5.74) is -1.27. The molecule has 2 heterocycles. The molecule has 0 aromatic carbocycles. The summed E-state index contributed by atoms with van der Waals surface area (Å²) in [6, 6.07) is -0.281. The van der Waals surface area contributed by atoms with Gasteiger partial charge in [-0.2, -0.15) is 18.3 Å². The third-order valence-corrected chi connectivity index (χ3v) is 4.11. The van der Waals surface area contributed by atoms with Crippen LogP contribution in [0.25, 0.3) is 0 Å². The first-order valence-electron chi connectivity index (χ1n) is 6.44. The number of amides is 1. The molecule has 1 aliphatic rings. The van der Waals surface area contributed by atoms with Crippen LogP contribution in [0.3, 0.4) is 0 Å². The summed E-state index contributed by atoms with van der Waals surface area (Å²) in [5.74, 6) is -0.615. The second kappa shape index (κ2) is 5.96. The molecule has 1 N–H and O–H groups in total. The highest BCUT2D eigenvalue weighted by Crippen LogP contribution is 2.35. The SMILES string of the molecule is CC(NC(=O)c1c(Br)c(C(F)(F)F)nn1C)C1CCCO1. The number of hydrogen-bond acceptors (Lipinski definition) is 3. The number of aromatic nitrogens is 2. The molecule has 1 aromatic rings. The Morgan fingerprint density at radius 2 is 2.24 bits per heavy atom. The van der Waals surface area contributed by atoms with Crippen molar-refractivity contribution in [3.63, 3.8) is 0 Å². The lowest BCUT2D eigenvalue weighted by atomic mass is 10.1. The van der Waals surface area contributed by atoms with Crippen molar-refractivity contribution in [2.24, 2.45) is 7.05 Å². The molecule has 0 saturated carbocycles. The second-order valence-corrected chi connectivity index (χ2v) is 5.74. The van der Waals surface area contributed by atoms with Crippen LogP contribution in [0, 0.1) is 0 Å². The Bertz CT molecular complexity index is 539. The van der Waals surface area contributed by atoms with Crippen LogP contribution >= 0.6 is 15.9 Å². The minimum atomic E-state index is -4.62. The Kier molecular flexibility index (Phi) is 4.62. The largest absolute Gasteiger partial charge is 0.436 e. The number of ether oxygens (including phenoxy) is 1. The molecule has 5 nitrogen and oxygen atoms in total. The molecule has 0 bridgehead atoms. The van der Waals surface area contributed by atoms with Crippen molar-refractivity contribution in [2.75, 3.05) is 6.61 Å². The molecule has 2 atom stereocenters. The fourth-order valence-corrected chi connectivity index (χ4v) is 3.03. The number of aryl methyl sites for hydroxylation is 1. The normalized spacial score (nSPS) is 20.6. The molecule has 9 heteroatoms.